The van der Waals surface area contributed by atoms with Crippen molar-refractivity contribution in [1.29, 1.82) is 0 Å². The van der Waals surface area contributed by atoms with Gasteiger partial charge < -0.3 is 4.74 Å². The first-order valence-electron chi connectivity index (χ1n) is 6.36. The van der Waals surface area contributed by atoms with Gasteiger partial charge in [0, 0.05) is 6.20 Å². The van der Waals surface area contributed by atoms with Gasteiger partial charge in [-0.05, 0) is 51.0 Å². The van der Waals surface area contributed by atoms with Crippen LogP contribution in [0.1, 0.15) is 23.7 Å². The molecule has 0 saturated heterocycles. The minimum absolute atomic E-state index is 0.274. The zero-order valence-electron chi connectivity index (χ0n) is 12.0. The number of imidazole rings is 1. The fourth-order valence-electron chi connectivity index (χ4n) is 2.00. The second-order valence-electron chi connectivity index (χ2n) is 4.67. The number of hydrogen-bond donors (Lipinski definition) is 0. The van der Waals surface area contributed by atoms with Crippen LogP contribution in [-0.2, 0) is 10.0 Å². The van der Waals surface area contributed by atoms with Crippen molar-refractivity contribution in [2.75, 3.05) is 6.61 Å². The summed E-state index contributed by atoms with van der Waals surface area (Å²) in [4.78, 5) is 4.24. The predicted molar refractivity (Wildman–Crippen MR) is 76.6 cm³/mol. The van der Waals surface area contributed by atoms with E-state index in [0.29, 0.717) is 23.6 Å². The van der Waals surface area contributed by atoms with E-state index in [1.807, 2.05) is 13.8 Å². The molecular weight excluding hydrogens is 276 g/mol. The quantitative estimate of drug-likeness (QED) is 0.869. The molecule has 0 fully saturated rings. The van der Waals surface area contributed by atoms with Gasteiger partial charge in [-0.3, -0.25) is 0 Å². The number of benzene rings is 1. The van der Waals surface area contributed by atoms with Crippen molar-refractivity contribution in [1.82, 2.24) is 8.96 Å². The zero-order valence-corrected chi connectivity index (χ0v) is 12.9. The van der Waals surface area contributed by atoms with Gasteiger partial charge in [-0.15, -0.1) is 0 Å². The van der Waals surface area contributed by atoms with Gasteiger partial charge in [-0.2, -0.15) is 0 Å². The van der Waals surface area contributed by atoms with E-state index >= 15 is 0 Å². The van der Waals surface area contributed by atoms with Gasteiger partial charge in [0.2, 0.25) is 0 Å². The highest BCUT2D eigenvalue weighted by Gasteiger charge is 2.21. The Balaban J connectivity index is 2.55. The molecule has 5 nitrogen and oxygen atoms in total. The normalized spacial score (nSPS) is 11.6. The molecule has 0 amide bonds. The van der Waals surface area contributed by atoms with Crippen LogP contribution in [0.2, 0.25) is 0 Å². The molecule has 0 unspecified atom stereocenters. The molecule has 0 radical (unpaired) electrons. The lowest BCUT2D eigenvalue weighted by Crippen LogP contribution is -2.13. The average molecular weight is 294 g/mol. The van der Waals surface area contributed by atoms with Gasteiger partial charge in [0.15, 0.2) is 0 Å². The molecular formula is C14H18N2O3S. The smallest absolute Gasteiger partial charge is 0.269 e. The summed E-state index contributed by atoms with van der Waals surface area (Å²) in [5, 5.41) is 0. The second-order valence-corrected chi connectivity index (χ2v) is 6.48. The summed E-state index contributed by atoms with van der Waals surface area (Å²) in [6.45, 7) is 7.80. The topological polar surface area (TPSA) is 61.2 Å². The number of ether oxygens (including phenoxy) is 1. The molecule has 20 heavy (non-hydrogen) atoms. The lowest BCUT2D eigenvalue weighted by molar-refractivity contribution is 0.337. The van der Waals surface area contributed by atoms with Crippen LogP contribution in [0.3, 0.4) is 0 Å². The zero-order chi connectivity index (χ0) is 14.9. The van der Waals surface area contributed by atoms with Gasteiger partial charge in [0.1, 0.15) is 12.1 Å². The monoisotopic (exact) mass is 294 g/mol. The molecule has 0 spiro atoms. The van der Waals surface area contributed by atoms with Gasteiger partial charge >= 0.3 is 0 Å². The van der Waals surface area contributed by atoms with E-state index in [0.717, 1.165) is 9.54 Å². The highest BCUT2D eigenvalue weighted by Crippen LogP contribution is 2.27. The van der Waals surface area contributed by atoms with Gasteiger partial charge in [0.05, 0.1) is 17.2 Å². The first-order valence-corrected chi connectivity index (χ1v) is 7.80. The maximum atomic E-state index is 12.6. The molecule has 2 aromatic rings. The van der Waals surface area contributed by atoms with Crippen LogP contribution in [0, 0.1) is 20.8 Å². The van der Waals surface area contributed by atoms with Crippen molar-refractivity contribution < 1.29 is 13.2 Å². The number of hydrogen-bond acceptors (Lipinski definition) is 4. The van der Waals surface area contributed by atoms with Crippen LogP contribution in [-0.4, -0.2) is 24.0 Å². The molecule has 0 aliphatic heterocycles. The molecule has 1 aromatic heterocycles. The molecule has 0 aliphatic rings. The van der Waals surface area contributed by atoms with Crippen LogP contribution >= 0.6 is 0 Å². The second kappa shape index (κ2) is 5.28. The first-order chi connectivity index (χ1) is 9.36. The van der Waals surface area contributed by atoms with E-state index in [1.54, 1.807) is 26.0 Å². The molecule has 0 aliphatic carbocycles. The van der Waals surface area contributed by atoms with E-state index < -0.39 is 10.0 Å². The molecule has 0 N–H and O–H groups in total. The number of aromatic nitrogens is 2. The van der Waals surface area contributed by atoms with Gasteiger partial charge in [0.25, 0.3) is 10.0 Å². The molecule has 0 bridgehead atoms. The van der Waals surface area contributed by atoms with Crippen LogP contribution in [0.15, 0.2) is 29.6 Å². The van der Waals surface area contributed by atoms with Crippen molar-refractivity contribution in [3.05, 3.63) is 41.5 Å². The summed E-state index contributed by atoms with van der Waals surface area (Å²) in [6, 6.07) is 3.40. The van der Waals surface area contributed by atoms with E-state index in [9.17, 15) is 8.42 Å². The van der Waals surface area contributed by atoms with Crippen LogP contribution in [0.25, 0.3) is 0 Å². The summed E-state index contributed by atoms with van der Waals surface area (Å²) in [7, 11) is -3.60. The van der Waals surface area contributed by atoms with Crippen molar-refractivity contribution in [3.63, 3.8) is 0 Å². The molecule has 2 rings (SSSR count). The van der Waals surface area contributed by atoms with Crippen molar-refractivity contribution in [2.24, 2.45) is 0 Å². The van der Waals surface area contributed by atoms with Crippen molar-refractivity contribution >= 4 is 10.0 Å². The predicted octanol–water partition coefficient (Wildman–Crippen LogP) is 2.44. The lowest BCUT2D eigenvalue weighted by atomic mass is 10.1. The number of rotatable bonds is 4. The third-order valence-electron chi connectivity index (χ3n) is 3.02. The fourth-order valence-corrected chi connectivity index (χ4v) is 3.48. The molecule has 1 aromatic carbocycles. The third kappa shape index (κ3) is 2.56. The third-order valence-corrected chi connectivity index (χ3v) is 4.77. The van der Waals surface area contributed by atoms with E-state index in [2.05, 4.69) is 4.98 Å². The largest absolute Gasteiger partial charge is 0.494 e. The van der Waals surface area contributed by atoms with Crippen molar-refractivity contribution in [3.8, 4) is 5.75 Å². The van der Waals surface area contributed by atoms with Gasteiger partial charge in [-0.25, -0.2) is 17.4 Å². The molecule has 0 atom stereocenters. The Morgan fingerprint density at radius 2 is 1.90 bits per heavy atom. The molecule has 1 heterocycles. The first kappa shape index (κ1) is 14.6. The lowest BCUT2D eigenvalue weighted by Gasteiger charge is -2.13. The average Bonchev–Trinajstić information content (AvgIpc) is 2.81. The summed E-state index contributed by atoms with van der Waals surface area (Å²) >= 11 is 0. The SMILES string of the molecule is CCOc1cc(C)c(S(=O)(=O)n2cnc(C)c2)cc1C. The Labute approximate surface area is 119 Å². The maximum absolute atomic E-state index is 12.6. The van der Waals surface area contributed by atoms with Crippen LogP contribution in [0.4, 0.5) is 0 Å². The maximum Gasteiger partial charge on any atom is 0.269 e. The molecule has 0 saturated carbocycles. The highest BCUT2D eigenvalue weighted by atomic mass is 32.2. The standard InChI is InChI=1S/C14H18N2O3S/c1-5-19-13-6-11(3)14(7-10(13)2)20(17,18)16-8-12(4)15-9-16/h6-9H,5H2,1-4H3. The number of aryl methyl sites for hydroxylation is 3. The summed E-state index contributed by atoms with van der Waals surface area (Å²) in [5.74, 6) is 0.714. The van der Waals surface area contributed by atoms with Crippen LogP contribution < -0.4 is 4.74 Å². The Morgan fingerprint density at radius 3 is 2.45 bits per heavy atom. The minimum Gasteiger partial charge on any atom is -0.494 e. The Kier molecular flexibility index (Phi) is 3.85. The Morgan fingerprint density at radius 1 is 1.20 bits per heavy atom. The Bertz CT molecular complexity index is 733. The Hall–Kier alpha value is -1.82. The summed E-state index contributed by atoms with van der Waals surface area (Å²) in [5.41, 5.74) is 2.12. The van der Waals surface area contributed by atoms with E-state index in [-0.39, 0.29) is 4.90 Å². The van der Waals surface area contributed by atoms with Crippen molar-refractivity contribution in [2.45, 2.75) is 32.6 Å². The number of nitrogens with zero attached hydrogens (tertiary/aromatic N) is 2. The van der Waals surface area contributed by atoms with Gasteiger partial charge in [-0.1, -0.05) is 0 Å². The molecule has 6 heteroatoms. The minimum atomic E-state index is -3.60. The summed E-state index contributed by atoms with van der Waals surface area (Å²) < 4.78 is 31.8. The molecule has 108 valence electrons. The fraction of sp³-hybridized carbons (Fsp3) is 0.357. The van der Waals surface area contributed by atoms with E-state index in [1.165, 1.54) is 12.5 Å². The summed E-state index contributed by atoms with van der Waals surface area (Å²) in [6.07, 6.45) is 2.82. The van der Waals surface area contributed by atoms with Crippen LogP contribution in [0.5, 0.6) is 5.75 Å². The van der Waals surface area contributed by atoms with E-state index in [4.69, 9.17) is 4.74 Å². The highest BCUT2D eigenvalue weighted by molar-refractivity contribution is 7.90.